The molecule has 1 unspecified atom stereocenters. The van der Waals surface area contributed by atoms with Gasteiger partial charge in [-0.2, -0.15) is 4.39 Å². The van der Waals surface area contributed by atoms with E-state index < -0.39 is 5.95 Å². The summed E-state index contributed by atoms with van der Waals surface area (Å²) in [6.07, 6.45) is 4.41. The molecule has 3 nitrogen and oxygen atoms in total. The molecule has 1 spiro atoms. The lowest BCUT2D eigenvalue weighted by Gasteiger charge is -2.45. The van der Waals surface area contributed by atoms with Crippen LogP contribution in [0.3, 0.4) is 0 Å². The van der Waals surface area contributed by atoms with Crippen LogP contribution in [0.4, 0.5) is 4.39 Å². The molecule has 5 heteroatoms. The fourth-order valence-corrected chi connectivity index (χ4v) is 5.23. The van der Waals surface area contributed by atoms with Crippen LogP contribution in [-0.2, 0) is 12.0 Å². The van der Waals surface area contributed by atoms with Gasteiger partial charge in [-0.25, -0.2) is 4.98 Å². The lowest BCUT2D eigenvalue weighted by molar-refractivity contribution is 0.205. The number of aliphatic imine (C=N–C) groups is 1. The Bertz CT molecular complexity index is 862. The number of fused-ring (bicyclic) bond motifs is 2. The second kappa shape index (κ2) is 5.84. The number of thioether (sulfide) groups is 1. The van der Waals surface area contributed by atoms with Crippen LogP contribution < -0.4 is 5.73 Å². The third-order valence-electron chi connectivity index (χ3n) is 5.21. The van der Waals surface area contributed by atoms with Crippen LogP contribution in [0.2, 0.25) is 0 Å². The highest BCUT2D eigenvalue weighted by atomic mass is 32.2. The average molecular weight is 355 g/mol. The van der Waals surface area contributed by atoms with Gasteiger partial charge in [0.05, 0.1) is 5.54 Å². The molecular formula is C20H22FN3S. The molecule has 0 bridgehead atoms. The summed E-state index contributed by atoms with van der Waals surface area (Å²) in [6.45, 7) is 4.58. The van der Waals surface area contributed by atoms with Crippen LogP contribution >= 0.6 is 11.8 Å². The number of pyridine rings is 1. The molecule has 2 N–H and O–H groups in total. The van der Waals surface area contributed by atoms with E-state index in [0.717, 1.165) is 30.6 Å². The minimum atomic E-state index is -0.435. The van der Waals surface area contributed by atoms with E-state index in [1.807, 2.05) is 6.07 Å². The number of aromatic nitrogens is 1. The number of benzene rings is 1. The van der Waals surface area contributed by atoms with Crippen LogP contribution in [0.5, 0.6) is 0 Å². The summed E-state index contributed by atoms with van der Waals surface area (Å²) in [6, 6.07) is 9.78. The highest BCUT2D eigenvalue weighted by Crippen LogP contribution is 2.51. The fraction of sp³-hybridized carbons (Fsp3) is 0.400. The Morgan fingerprint density at radius 1 is 1.24 bits per heavy atom. The van der Waals surface area contributed by atoms with Crippen molar-refractivity contribution in [2.24, 2.45) is 16.1 Å². The fourth-order valence-electron chi connectivity index (χ4n) is 4.34. The molecule has 1 aromatic carbocycles. The van der Waals surface area contributed by atoms with E-state index in [1.54, 1.807) is 23.9 Å². The molecule has 1 aliphatic heterocycles. The Morgan fingerprint density at radius 2 is 2.08 bits per heavy atom. The molecule has 0 radical (unpaired) electrons. The molecule has 2 aromatic rings. The molecule has 4 rings (SSSR count). The van der Waals surface area contributed by atoms with Crippen molar-refractivity contribution in [3.05, 3.63) is 53.6 Å². The van der Waals surface area contributed by atoms with Gasteiger partial charge in [-0.05, 0) is 59.6 Å². The number of nitrogens with two attached hydrogens (primary N) is 1. The molecule has 0 fully saturated rings. The minimum Gasteiger partial charge on any atom is -0.379 e. The first-order chi connectivity index (χ1) is 11.9. The van der Waals surface area contributed by atoms with Gasteiger partial charge in [0.15, 0.2) is 5.17 Å². The van der Waals surface area contributed by atoms with E-state index in [-0.39, 0.29) is 11.0 Å². The highest BCUT2D eigenvalue weighted by Gasteiger charge is 2.45. The smallest absolute Gasteiger partial charge is 0.220 e. The Hall–Kier alpha value is -1.88. The quantitative estimate of drug-likeness (QED) is 0.766. The third kappa shape index (κ3) is 2.95. The number of nitrogens with zero attached hydrogens (tertiary/aromatic N) is 2. The monoisotopic (exact) mass is 355 g/mol. The number of halogens is 1. The molecule has 1 atom stereocenters. The number of amidine groups is 1. The standard InChI is InChI=1S/C20H22FN3S/c1-19(2)11-14-6-5-13(15-4-3-8-23-17(15)21)10-16(14)20(12-19)7-9-25-18(22)24-20/h3-6,8,10H,7,9,11-12H2,1-2H3,(H2,22,24). The van der Waals surface area contributed by atoms with Crippen LogP contribution in [0.1, 0.15) is 37.8 Å². The molecule has 2 heterocycles. The van der Waals surface area contributed by atoms with Crippen LogP contribution in [-0.4, -0.2) is 15.9 Å². The first kappa shape index (κ1) is 16.6. The van der Waals surface area contributed by atoms with Crippen molar-refractivity contribution < 1.29 is 4.39 Å². The number of rotatable bonds is 1. The molecule has 1 aliphatic carbocycles. The Labute approximate surface area is 152 Å². The molecule has 0 saturated heterocycles. The van der Waals surface area contributed by atoms with Gasteiger partial charge in [0.25, 0.3) is 0 Å². The molecule has 25 heavy (non-hydrogen) atoms. The molecule has 0 saturated carbocycles. The SMILES string of the molecule is CC1(C)Cc2ccc(-c3cccnc3F)cc2C2(CCSC(N)=N2)C1. The maximum absolute atomic E-state index is 14.2. The van der Waals surface area contributed by atoms with Crippen LogP contribution in [0, 0.1) is 11.4 Å². The van der Waals surface area contributed by atoms with E-state index >= 15 is 0 Å². The third-order valence-corrected chi connectivity index (χ3v) is 6.01. The lowest BCUT2D eigenvalue weighted by atomic mass is 9.64. The van der Waals surface area contributed by atoms with Crippen molar-refractivity contribution in [3.8, 4) is 11.1 Å². The van der Waals surface area contributed by atoms with Crippen molar-refractivity contribution in [2.45, 2.75) is 38.6 Å². The van der Waals surface area contributed by atoms with Gasteiger partial charge in [0, 0.05) is 17.5 Å². The van der Waals surface area contributed by atoms with E-state index in [0.29, 0.717) is 10.7 Å². The first-order valence-corrected chi connectivity index (χ1v) is 9.60. The number of hydrogen-bond donors (Lipinski definition) is 1. The maximum Gasteiger partial charge on any atom is 0.220 e. The van der Waals surface area contributed by atoms with Crippen molar-refractivity contribution >= 4 is 16.9 Å². The largest absolute Gasteiger partial charge is 0.379 e. The van der Waals surface area contributed by atoms with Crippen molar-refractivity contribution in [2.75, 3.05) is 5.75 Å². The van der Waals surface area contributed by atoms with E-state index in [4.69, 9.17) is 10.7 Å². The van der Waals surface area contributed by atoms with Crippen LogP contribution in [0.15, 0.2) is 41.5 Å². The molecule has 0 amide bonds. The average Bonchev–Trinajstić information content (AvgIpc) is 2.54. The highest BCUT2D eigenvalue weighted by molar-refractivity contribution is 8.13. The van der Waals surface area contributed by atoms with Gasteiger partial charge >= 0.3 is 0 Å². The summed E-state index contributed by atoms with van der Waals surface area (Å²) in [5.74, 6) is 0.533. The van der Waals surface area contributed by atoms with Gasteiger partial charge in [-0.15, -0.1) is 0 Å². The van der Waals surface area contributed by atoms with Crippen molar-refractivity contribution in [1.29, 1.82) is 0 Å². The Balaban J connectivity index is 1.90. The predicted molar refractivity (Wildman–Crippen MR) is 102 cm³/mol. The van der Waals surface area contributed by atoms with Gasteiger partial charge in [0.2, 0.25) is 5.95 Å². The molecular weight excluding hydrogens is 333 g/mol. The van der Waals surface area contributed by atoms with E-state index in [1.165, 1.54) is 17.3 Å². The Morgan fingerprint density at radius 3 is 2.84 bits per heavy atom. The predicted octanol–water partition coefficient (Wildman–Crippen LogP) is 4.51. The normalized spacial score (nSPS) is 24.7. The second-order valence-corrected chi connectivity index (χ2v) is 8.93. The van der Waals surface area contributed by atoms with Gasteiger partial charge in [0.1, 0.15) is 0 Å². The second-order valence-electron chi connectivity index (χ2n) is 7.81. The van der Waals surface area contributed by atoms with E-state index in [9.17, 15) is 4.39 Å². The summed E-state index contributed by atoms with van der Waals surface area (Å²) in [5, 5.41) is 0.660. The first-order valence-electron chi connectivity index (χ1n) is 8.61. The van der Waals surface area contributed by atoms with Gasteiger partial charge < -0.3 is 5.73 Å². The summed E-state index contributed by atoms with van der Waals surface area (Å²) in [5.41, 5.74) is 9.87. The zero-order chi connectivity index (χ0) is 17.7. The maximum atomic E-state index is 14.2. The summed E-state index contributed by atoms with van der Waals surface area (Å²) < 4.78 is 14.2. The zero-order valence-corrected chi connectivity index (χ0v) is 15.4. The molecule has 130 valence electrons. The minimum absolute atomic E-state index is 0.167. The summed E-state index contributed by atoms with van der Waals surface area (Å²) in [7, 11) is 0. The van der Waals surface area contributed by atoms with Gasteiger partial charge in [-0.3, -0.25) is 4.99 Å². The zero-order valence-electron chi connectivity index (χ0n) is 14.6. The van der Waals surface area contributed by atoms with Crippen molar-refractivity contribution in [1.82, 2.24) is 4.98 Å². The molecule has 1 aromatic heterocycles. The van der Waals surface area contributed by atoms with Crippen molar-refractivity contribution in [3.63, 3.8) is 0 Å². The van der Waals surface area contributed by atoms with Crippen LogP contribution in [0.25, 0.3) is 11.1 Å². The number of hydrogen-bond acceptors (Lipinski definition) is 4. The summed E-state index contributed by atoms with van der Waals surface area (Å²) >= 11 is 1.62. The Kier molecular flexibility index (Phi) is 3.87. The lowest BCUT2D eigenvalue weighted by Crippen LogP contribution is -2.41. The van der Waals surface area contributed by atoms with Gasteiger partial charge in [-0.1, -0.05) is 37.7 Å². The van der Waals surface area contributed by atoms with E-state index in [2.05, 4.69) is 31.0 Å². The topological polar surface area (TPSA) is 51.3 Å². The molecule has 2 aliphatic rings. The summed E-state index contributed by atoms with van der Waals surface area (Å²) in [4.78, 5) is 8.70.